The van der Waals surface area contributed by atoms with Gasteiger partial charge in [-0.1, -0.05) is 32.0 Å². The summed E-state index contributed by atoms with van der Waals surface area (Å²) in [4.78, 5) is 17.6. The molecule has 2 N–H and O–H groups in total. The molecule has 8 nitrogen and oxygen atoms in total. The van der Waals surface area contributed by atoms with E-state index in [0.29, 0.717) is 43.2 Å². The highest BCUT2D eigenvalue weighted by atomic mass is 32.2. The van der Waals surface area contributed by atoms with Gasteiger partial charge in [-0.05, 0) is 56.0 Å². The van der Waals surface area contributed by atoms with Crippen molar-refractivity contribution in [1.82, 2.24) is 10.0 Å². The molecular weight excluding hydrogens is 442 g/mol. The molecule has 0 fully saturated rings. The van der Waals surface area contributed by atoms with Crippen LogP contribution < -0.4 is 19.5 Å². The lowest BCUT2D eigenvalue weighted by atomic mass is 10.0. The first kappa shape index (κ1) is 24.6. The number of nitrogens with one attached hydrogen (secondary N) is 2. The van der Waals surface area contributed by atoms with Gasteiger partial charge in [0.15, 0.2) is 11.5 Å². The number of hydrogen-bond donors (Lipinski definition) is 2. The molecule has 33 heavy (non-hydrogen) atoms. The number of fused-ring (bicyclic) bond motifs is 1. The van der Waals surface area contributed by atoms with E-state index < -0.39 is 16.1 Å². The normalized spacial score (nSPS) is 16.2. The average Bonchev–Trinajstić information content (AvgIpc) is 3.04. The highest BCUT2D eigenvalue weighted by molar-refractivity contribution is 7.90. The van der Waals surface area contributed by atoms with Crippen molar-refractivity contribution in [2.45, 2.75) is 45.1 Å². The zero-order chi connectivity index (χ0) is 24.0. The third-order valence-corrected chi connectivity index (χ3v) is 6.55. The summed E-state index contributed by atoms with van der Waals surface area (Å²) in [6.07, 6.45) is 0.606. The van der Waals surface area contributed by atoms with Gasteiger partial charge in [-0.15, -0.1) is 0 Å². The fourth-order valence-electron chi connectivity index (χ4n) is 3.56. The van der Waals surface area contributed by atoms with E-state index in [4.69, 9.17) is 9.47 Å². The highest BCUT2D eigenvalue weighted by Gasteiger charge is 2.32. The molecule has 0 aliphatic carbocycles. The van der Waals surface area contributed by atoms with Gasteiger partial charge in [-0.2, -0.15) is 0 Å². The first-order valence-corrected chi connectivity index (χ1v) is 12.6. The number of ether oxygens (including phenoxy) is 2. The first-order valence-electron chi connectivity index (χ1n) is 11.1. The minimum atomic E-state index is -3.66. The van der Waals surface area contributed by atoms with E-state index in [1.54, 1.807) is 18.2 Å². The maximum atomic E-state index is 12.9. The number of carbonyl (C=O) groups is 1. The molecule has 0 bridgehead atoms. The van der Waals surface area contributed by atoms with E-state index in [1.165, 1.54) is 6.07 Å². The van der Waals surface area contributed by atoms with E-state index in [1.807, 2.05) is 45.9 Å². The number of amides is 1. The Bertz CT molecular complexity index is 1130. The lowest BCUT2D eigenvalue weighted by Gasteiger charge is -2.17. The van der Waals surface area contributed by atoms with E-state index >= 15 is 0 Å². The summed E-state index contributed by atoms with van der Waals surface area (Å²) in [5, 5.41) is 2.93. The standard InChI is InChI=1S/C24H31N3O5S/c1-5-31-19-12-11-17(15-20(19)32-6-2)13-14-25-24(28)22(16(3)4)26-23-18-9-7-8-10-21(18)33(29,30)27-23/h7-12,15-16,22H,5-6,13-14H2,1-4H3,(H,25,28)(H,26,27)/t22-/m0/s1. The maximum absolute atomic E-state index is 12.9. The smallest absolute Gasteiger partial charge is 0.263 e. The number of carbonyl (C=O) groups excluding carboxylic acids is 1. The number of nitrogens with zero attached hydrogens (tertiary/aromatic N) is 1. The largest absolute Gasteiger partial charge is 0.490 e. The van der Waals surface area contributed by atoms with Gasteiger partial charge in [0.1, 0.15) is 11.9 Å². The number of aliphatic imine (C=N–C) groups is 1. The number of sulfonamides is 1. The van der Waals surface area contributed by atoms with Gasteiger partial charge in [0.05, 0.1) is 18.1 Å². The van der Waals surface area contributed by atoms with Crippen LogP contribution in [0, 0.1) is 5.92 Å². The van der Waals surface area contributed by atoms with Gasteiger partial charge >= 0.3 is 0 Å². The van der Waals surface area contributed by atoms with Crippen molar-refractivity contribution in [3.8, 4) is 11.5 Å². The van der Waals surface area contributed by atoms with Crippen LogP contribution in [0.4, 0.5) is 0 Å². The Hall–Kier alpha value is -3.07. The second kappa shape index (κ2) is 10.7. The lowest BCUT2D eigenvalue weighted by Crippen LogP contribution is -2.39. The summed E-state index contributed by atoms with van der Waals surface area (Å²) in [5.41, 5.74) is 1.49. The summed E-state index contributed by atoms with van der Waals surface area (Å²) in [6.45, 7) is 9.09. The third-order valence-electron chi connectivity index (χ3n) is 5.15. The van der Waals surface area contributed by atoms with Crippen LogP contribution in [0.15, 0.2) is 52.4 Å². The first-order chi connectivity index (χ1) is 15.8. The molecule has 3 rings (SSSR count). The quantitative estimate of drug-likeness (QED) is 0.552. The number of rotatable bonds is 10. The predicted molar refractivity (Wildman–Crippen MR) is 127 cm³/mol. The van der Waals surface area contributed by atoms with Gasteiger partial charge in [0.2, 0.25) is 5.91 Å². The Morgan fingerprint density at radius 2 is 1.76 bits per heavy atom. The molecular formula is C24H31N3O5S. The molecule has 9 heteroatoms. The molecule has 0 saturated carbocycles. The van der Waals surface area contributed by atoms with Gasteiger partial charge in [-0.25, -0.2) is 8.42 Å². The molecule has 0 unspecified atom stereocenters. The van der Waals surface area contributed by atoms with Crippen LogP contribution in [0.25, 0.3) is 0 Å². The second-order valence-electron chi connectivity index (χ2n) is 7.96. The van der Waals surface area contributed by atoms with Crippen LogP contribution in [-0.4, -0.2) is 46.0 Å². The lowest BCUT2D eigenvalue weighted by molar-refractivity contribution is -0.123. The van der Waals surface area contributed by atoms with Crippen LogP contribution in [-0.2, 0) is 21.2 Å². The molecule has 1 amide bonds. The summed E-state index contributed by atoms with van der Waals surface area (Å²) in [6, 6.07) is 11.6. The molecule has 178 valence electrons. The Labute approximate surface area is 195 Å². The second-order valence-corrected chi connectivity index (χ2v) is 9.61. The molecule has 2 aromatic carbocycles. The van der Waals surface area contributed by atoms with E-state index in [2.05, 4.69) is 15.0 Å². The molecule has 1 aliphatic heterocycles. The van der Waals surface area contributed by atoms with Crippen molar-refractivity contribution >= 4 is 21.8 Å². The van der Waals surface area contributed by atoms with Gasteiger partial charge in [0.25, 0.3) is 10.0 Å². The summed E-state index contributed by atoms with van der Waals surface area (Å²) in [7, 11) is -3.66. The molecule has 1 aliphatic rings. The van der Waals surface area contributed by atoms with E-state index in [0.717, 1.165) is 5.56 Å². The van der Waals surface area contributed by atoms with Crippen molar-refractivity contribution in [3.05, 3.63) is 53.6 Å². The summed E-state index contributed by atoms with van der Waals surface area (Å²) in [5.74, 6) is 1.21. The molecule has 1 atom stereocenters. The predicted octanol–water partition coefficient (Wildman–Crippen LogP) is 2.91. The molecule has 0 aromatic heterocycles. The summed E-state index contributed by atoms with van der Waals surface area (Å²) < 4.78 is 38.4. The molecule has 1 heterocycles. The van der Waals surface area contributed by atoms with Gasteiger partial charge < -0.3 is 14.8 Å². The van der Waals surface area contributed by atoms with Crippen molar-refractivity contribution in [3.63, 3.8) is 0 Å². The molecule has 0 spiro atoms. The minimum Gasteiger partial charge on any atom is -0.490 e. The number of amidine groups is 1. The zero-order valence-electron chi connectivity index (χ0n) is 19.4. The minimum absolute atomic E-state index is 0.121. The Morgan fingerprint density at radius 3 is 2.45 bits per heavy atom. The van der Waals surface area contributed by atoms with Crippen LogP contribution in [0.2, 0.25) is 0 Å². The monoisotopic (exact) mass is 473 g/mol. The van der Waals surface area contributed by atoms with Crippen LogP contribution in [0.1, 0.15) is 38.8 Å². The van der Waals surface area contributed by atoms with E-state index in [9.17, 15) is 13.2 Å². The Balaban J connectivity index is 1.69. The molecule has 2 aromatic rings. The average molecular weight is 474 g/mol. The SMILES string of the molecule is CCOc1ccc(CCNC(=O)[C@@H](N=C2NS(=O)(=O)c3ccccc32)C(C)C)cc1OCC. The molecule has 0 radical (unpaired) electrons. The number of hydrogen-bond acceptors (Lipinski definition) is 6. The highest BCUT2D eigenvalue weighted by Crippen LogP contribution is 2.28. The maximum Gasteiger partial charge on any atom is 0.263 e. The topological polar surface area (TPSA) is 106 Å². The van der Waals surface area contributed by atoms with Crippen LogP contribution >= 0.6 is 0 Å². The van der Waals surface area contributed by atoms with Crippen molar-refractivity contribution < 1.29 is 22.7 Å². The molecule has 0 saturated heterocycles. The number of benzene rings is 2. The van der Waals surface area contributed by atoms with Crippen molar-refractivity contribution in [1.29, 1.82) is 0 Å². The van der Waals surface area contributed by atoms with Gasteiger partial charge in [0, 0.05) is 12.1 Å². The fraction of sp³-hybridized carbons (Fsp3) is 0.417. The van der Waals surface area contributed by atoms with Gasteiger partial charge in [-0.3, -0.25) is 14.5 Å². The Kier molecular flexibility index (Phi) is 7.97. The fourth-order valence-corrected chi connectivity index (χ4v) is 4.80. The van der Waals surface area contributed by atoms with Crippen molar-refractivity contribution in [2.75, 3.05) is 19.8 Å². The van der Waals surface area contributed by atoms with Crippen LogP contribution in [0.3, 0.4) is 0 Å². The van der Waals surface area contributed by atoms with E-state index in [-0.39, 0.29) is 22.6 Å². The summed E-state index contributed by atoms with van der Waals surface area (Å²) >= 11 is 0. The van der Waals surface area contributed by atoms with Crippen molar-refractivity contribution in [2.24, 2.45) is 10.9 Å². The third kappa shape index (κ3) is 5.84. The van der Waals surface area contributed by atoms with Crippen LogP contribution in [0.5, 0.6) is 11.5 Å². The zero-order valence-corrected chi connectivity index (χ0v) is 20.2. The Morgan fingerprint density at radius 1 is 1.06 bits per heavy atom.